The second kappa shape index (κ2) is 17.0. The van der Waals surface area contributed by atoms with Gasteiger partial charge in [0.2, 0.25) is 0 Å². The molecule has 0 radical (unpaired) electrons. The number of hydrogen-bond donors (Lipinski definition) is 2. The Morgan fingerprint density at radius 1 is 0.700 bits per heavy atom. The standard InChI is InChI=1S/C18H40N2/c1-3-4-5-6-7-8-9-10-11-12-13-14-15-16-20-17-18(2)19/h18,20H,3-17,19H2,1-2H3. The highest BCUT2D eigenvalue weighted by Crippen LogP contribution is 2.12. The maximum absolute atomic E-state index is 5.68. The fourth-order valence-corrected chi connectivity index (χ4v) is 2.60. The van der Waals surface area contributed by atoms with Crippen LogP contribution in [0.15, 0.2) is 0 Å². The molecule has 1 atom stereocenters. The van der Waals surface area contributed by atoms with E-state index < -0.39 is 0 Å². The summed E-state index contributed by atoms with van der Waals surface area (Å²) in [5.74, 6) is 0. The molecule has 0 saturated carbocycles. The first-order chi connectivity index (χ1) is 9.77. The average Bonchev–Trinajstić information content (AvgIpc) is 2.43. The summed E-state index contributed by atoms with van der Waals surface area (Å²) in [6.45, 7) is 6.43. The Morgan fingerprint density at radius 2 is 1.10 bits per heavy atom. The molecule has 1 unspecified atom stereocenters. The molecule has 3 N–H and O–H groups in total. The minimum atomic E-state index is 0.289. The van der Waals surface area contributed by atoms with Gasteiger partial charge in [-0.05, 0) is 19.9 Å². The molecule has 0 spiro atoms. The molecule has 0 aliphatic rings. The van der Waals surface area contributed by atoms with Crippen molar-refractivity contribution in [1.82, 2.24) is 5.32 Å². The maximum atomic E-state index is 5.68. The summed E-state index contributed by atoms with van der Waals surface area (Å²) in [4.78, 5) is 0. The van der Waals surface area contributed by atoms with Gasteiger partial charge in [-0.2, -0.15) is 0 Å². The number of nitrogens with two attached hydrogens (primary N) is 1. The number of nitrogens with one attached hydrogen (secondary N) is 1. The molecule has 0 saturated heterocycles. The lowest BCUT2D eigenvalue weighted by Crippen LogP contribution is -2.31. The molecule has 0 amide bonds. The van der Waals surface area contributed by atoms with E-state index in [0.717, 1.165) is 13.1 Å². The molecule has 2 heteroatoms. The average molecular weight is 285 g/mol. The van der Waals surface area contributed by atoms with E-state index in [9.17, 15) is 0 Å². The highest BCUT2D eigenvalue weighted by atomic mass is 14.9. The summed E-state index contributed by atoms with van der Waals surface area (Å²) in [6.07, 6.45) is 18.5. The van der Waals surface area contributed by atoms with Crippen LogP contribution in [0.5, 0.6) is 0 Å². The van der Waals surface area contributed by atoms with Crippen LogP contribution in [0.25, 0.3) is 0 Å². The molecule has 0 aromatic carbocycles. The Morgan fingerprint density at radius 3 is 1.50 bits per heavy atom. The van der Waals surface area contributed by atoms with Gasteiger partial charge in [-0.25, -0.2) is 0 Å². The molecule has 0 aromatic rings. The quantitative estimate of drug-likeness (QED) is 0.391. The van der Waals surface area contributed by atoms with Gasteiger partial charge in [0.25, 0.3) is 0 Å². The Hall–Kier alpha value is -0.0800. The highest BCUT2D eigenvalue weighted by Gasteiger charge is 1.95. The molecule has 0 heterocycles. The molecule has 0 bridgehead atoms. The van der Waals surface area contributed by atoms with Crippen LogP contribution in [-0.2, 0) is 0 Å². The van der Waals surface area contributed by atoms with E-state index in [1.54, 1.807) is 0 Å². The predicted octanol–water partition coefficient (Wildman–Crippen LogP) is 5.01. The van der Waals surface area contributed by atoms with E-state index in [-0.39, 0.29) is 6.04 Å². The van der Waals surface area contributed by atoms with E-state index in [0.29, 0.717) is 0 Å². The second-order valence-electron chi connectivity index (χ2n) is 6.42. The third-order valence-corrected chi connectivity index (χ3v) is 3.92. The van der Waals surface area contributed by atoms with Gasteiger partial charge >= 0.3 is 0 Å². The number of rotatable bonds is 16. The Balaban J connectivity index is 2.92. The predicted molar refractivity (Wildman–Crippen MR) is 92.2 cm³/mol. The van der Waals surface area contributed by atoms with E-state index in [2.05, 4.69) is 19.2 Å². The molecular formula is C18H40N2. The van der Waals surface area contributed by atoms with Crippen molar-refractivity contribution in [3.8, 4) is 0 Å². The molecule has 122 valence electrons. The third-order valence-electron chi connectivity index (χ3n) is 3.92. The van der Waals surface area contributed by atoms with Gasteiger partial charge in [0, 0.05) is 12.6 Å². The summed E-state index contributed by atoms with van der Waals surface area (Å²) in [6, 6.07) is 0.289. The fourth-order valence-electron chi connectivity index (χ4n) is 2.60. The zero-order chi connectivity index (χ0) is 14.9. The zero-order valence-electron chi connectivity index (χ0n) is 14.3. The van der Waals surface area contributed by atoms with Crippen LogP contribution in [0.1, 0.15) is 97.3 Å². The SMILES string of the molecule is CCCCCCCCCCCCCCCNCC(C)N. The highest BCUT2D eigenvalue weighted by molar-refractivity contribution is 4.57. The van der Waals surface area contributed by atoms with Crippen molar-refractivity contribution in [3.63, 3.8) is 0 Å². The van der Waals surface area contributed by atoms with Crippen LogP contribution in [0.3, 0.4) is 0 Å². The van der Waals surface area contributed by atoms with Gasteiger partial charge in [-0.3, -0.25) is 0 Å². The Bertz CT molecular complexity index is 169. The molecule has 0 aromatic heterocycles. The van der Waals surface area contributed by atoms with Gasteiger partial charge in [0.05, 0.1) is 0 Å². The van der Waals surface area contributed by atoms with Crippen molar-refractivity contribution >= 4 is 0 Å². The molecular weight excluding hydrogens is 244 g/mol. The van der Waals surface area contributed by atoms with Gasteiger partial charge in [0.1, 0.15) is 0 Å². The van der Waals surface area contributed by atoms with Gasteiger partial charge < -0.3 is 11.1 Å². The zero-order valence-corrected chi connectivity index (χ0v) is 14.3. The first-order valence-corrected chi connectivity index (χ1v) is 9.23. The summed E-state index contributed by atoms with van der Waals surface area (Å²) >= 11 is 0. The van der Waals surface area contributed by atoms with Crippen molar-refractivity contribution in [2.45, 2.75) is 103 Å². The van der Waals surface area contributed by atoms with Crippen molar-refractivity contribution in [3.05, 3.63) is 0 Å². The van der Waals surface area contributed by atoms with Crippen LogP contribution in [-0.4, -0.2) is 19.1 Å². The van der Waals surface area contributed by atoms with Crippen LogP contribution in [0.2, 0.25) is 0 Å². The lowest BCUT2D eigenvalue weighted by Gasteiger charge is -2.07. The van der Waals surface area contributed by atoms with E-state index in [1.165, 1.54) is 83.5 Å². The fraction of sp³-hybridized carbons (Fsp3) is 1.00. The lowest BCUT2D eigenvalue weighted by molar-refractivity contribution is 0.527. The van der Waals surface area contributed by atoms with E-state index >= 15 is 0 Å². The molecule has 20 heavy (non-hydrogen) atoms. The summed E-state index contributed by atoms with van der Waals surface area (Å²) in [5.41, 5.74) is 5.68. The van der Waals surface area contributed by atoms with Gasteiger partial charge in [-0.15, -0.1) is 0 Å². The molecule has 0 fully saturated rings. The van der Waals surface area contributed by atoms with E-state index in [4.69, 9.17) is 5.73 Å². The van der Waals surface area contributed by atoms with Crippen molar-refractivity contribution in [2.75, 3.05) is 13.1 Å². The van der Waals surface area contributed by atoms with Crippen LogP contribution < -0.4 is 11.1 Å². The monoisotopic (exact) mass is 284 g/mol. The topological polar surface area (TPSA) is 38.0 Å². The normalized spacial score (nSPS) is 12.8. The summed E-state index contributed by atoms with van der Waals surface area (Å²) < 4.78 is 0. The second-order valence-corrected chi connectivity index (χ2v) is 6.42. The summed E-state index contributed by atoms with van der Waals surface area (Å²) in [7, 11) is 0. The van der Waals surface area contributed by atoms with Gasteiger partial charge in [0.15, 0.2) is 0 Å². The number of unbranched alkanes of at least 4 members (excludes halogenated alkanes) is 12. The molecule has 0 aliphatic carbocycles. The third kappa shape index (κ3) is 17.9. The maximum Gasteiger partial charge on any atom is 0.0136 e. The Kier molecular flexibility index (Phi) is 16.9. The molecule has 2 nitrogen and oxygen atoms in total. The van der Waals surface area contributed by atoms with Crippen LogP contribution in [0, 0.1) is 0 Å². The van der Waals surface area contributed by atoms with Crippen molar-refractivity contribution in [2.24, 2.45) is 5.73 Å². The minimum Gasteiger partial charge on any atom is -0.327 e. The largest absolute Gasteiger partial charge is 0.327 e. The first-order valence-electron chi connectivity index (χ1n) is 9.23. The molecule has 0 rings (SSSR count). The van der Waals surface area contributed by atoms with E-state index in [1.807, 2.05) is 0 Å². The van der Waals surface area contributed by atoms with Crippen molar-refractivity contribution in [1.29, 1.82) is 0 Å². The summed E-state index contributed by atoms with van der Waals surface area (Å²) in [5, 5.41) is 3.40. The van der Waals surface area contributed by atoms with Crippen LogP contribution in [0.4, 0.5) is 0 Å². The first kappa shape index (κ1) is 19.9. The Labute approximate surface area is 128 Å². The number of hydrogen-bond acceptors (Lipinski definition) is 2. The smallest absolute Gasteiger partial charge is 0.0136 e. The van der Waals surface area contributed by atoms with Crippen LogP contribution >= 0.6 is 0 Å². The van der Waals surface area contributed by atoms with Gasteiger partial charge in [-0.1, -0.05) is 84.0 Å². The molecule has 0 aliphatic heterocycles. The lowest BCUT2D eigenvalue weighted by atomic mass is 10.0. The minimum absolute atomic E-state index is 0.289. The van der Waals surface area contributed by atoms with Crippen molar-refractivity contribution < 1.29 is 0 Å².